The molecular formula is C9H8BrN3O. The Morgan fingerprint density at radius 3 is 3.07 bits per heavy atom. The van der Waals surface area contributed by atoms with Gasteiger partial charge in [-0.3, -0.25) is 4.98 Å². The first-order chi connectivity index (χ1) is 6.86. The zero-order valence-electron chi connectivity index (χ0n) is 7.27. The van der Waals surface area contributed by atoms with Gasteiger partial charge in [0.2, 0.25) is 0 Å². The van der Waals surface area contributed by atoms with Gasteiger partial charge in [-0.2, -0.15) is 0 Å². The number of hydrogen-bond donors (Lipinski definition) is 1. The Balaban J connectivity index is 2.02. The minimum absolute atomic E-state index is 0.638. The van der Waals surface area contributed by atoms with Crippen molar-refractivity contribution in [2.24, 2.45) is 0 Å². The molecule has 2 aromatic rings. The smallest absolute Gasteiger partial charge is 0.124 e. The van der Waals surface area contributed by atoms with E-state index < -0.39 is 0 Å². The molecule has 0 aliphatic rings. The topological polar surface area (TPSA) is 51.0 Å². The van der Waals surface area contributed by atoms with Crippen LogP contribution in [-0.2, 0) is 6.54 Å². The summed E-state index contributed by atoms with van der Waals surface area (Å²) in [6.07, 6.45) is 5.03. The van der Waals surface area contributed by atoms with Crippen LogP contribution in [0.3, 0.4) is 0 Å². The summed E-state index contributed by atoms with van der Waals surface area (Å²) < 4.78 is 5.65. The van der Waals surface area contributed by atoms with Gasteiger partial charge in [-0.15, -0.1) is 0 Å². The van der Waals surface area contributed by atoms with Crippen LogP contribution in [0.4, 0.5) is 5.69 Å². The van der Waals surface area contributed by atoms with Crippen molar-refractivity contribution in [3.63, 3.8) is 0 Å². The van der Waals surface area contributed by atoms with E-state index >= 15 is 0 Å². The molecule has 0 saturated heterocycles. The van der Waals surface area contributed by atoms with Crippen molar-refractivity contribution < 1.29 is 4.52 Å². The summed E-state index contributed by atoms with van der Waals surface area (Å²) in [6.45, 7) is 0.638. The Morgan fingerprint density at radius 2 is 2.36 bits per heavy atom. The van der Waals surface area contributed by atoms with Crippen molar-refractivity contribution in [2.75, 3.05) is 5.32 Å². The van der Waals surface area contributed by atoms with Crippen molar-refractivity contribution in [3.8, 4) is 0 Å². The molecule has 2 heterocycles. The molecule has 1 N–H and O–H groups in total. The third kappa shape index (κ3) is 2.11. The molecule has 0 saturated carbocycles. The van der Waals surface area contributed by atoms with Crippen LogP contribution in [0.15, 0.2) is 39.8 Å². The lowest BCUT2D eigenvalue weighted by molar-refractivity contribution is 0.412. The average molecular weight is 254 g/mol. The highest BCUT2D eigenvalue weighted by Gasteiger charge is 1.99. The zero-order chi connectivity index (χ0) is 9.80. The number of hydrogen-bond acceptors (Lipinski definition) is 4. The zero-order valence-corrected chi connectivity index (χ0v) is 8.86. The molecule has 0 bridgehead atoms. The summed E-state index contributed by atoms with van der Waals surface area (Å²) in [5.74, 6) is 0. The van der Waals surface area contributed by atoms with E-state index in [1.165, 1.54) is 0 Å². The highest BCUT2D eigenvalue weighted by atomic mass is 79.9. The molecule has 14 heavy (non-hydrogen) atoms. The van der Waals surface area contributed by atoms with E-state index in [0.29, 0.717) is 6.54 Å². The Bertz CT molecular complexity index is 402. The second-order valence-electron chi connectivity index (χ2n) is 2.70. The molecule has 72 valence electrons. The monoisotopic (exact) mass is 253 g/mol. The van der Waals surface area contributed by atoms with E-state index in [1.807, 2.05) is 12.1 Å². The molecule has 0 atom stereocenters. The fraction of sp³-hybridized carbons (Fsp3) is 0.111. The summed E-state index contributed by atoms with van der Waals surface area (Å²) in [5.41, 5.74) is 1.86. The minimum Gasteiger partial charge on any atom is -0.378 e. The van der Waals surface area contributed by atoms with Crippen molar-refractivity contribution in [1.29, 1.82) is 0 Å². The molecule has 0 aliphatic carbocycles. The van der Waals surface area contributed by atoms with Gasteiger partial charge in [0.25, 0.3) is 0 Å². The van der Waals surface area contributed by atoms with Crippen LogP contribution in [0.5, 0.6) is 0 Å². The second-order valence-corrected chi connectivity index (χ2v) is 3.55. The average Bonchev–Trinajstić information content (AvgIpc) is 2.69. The Morgan fingerprint density at radius 1 is 1.43 bits per heavy atom. The van der Waals surface area contributed by atoms with Crippen molar-refractivity contribution >= 4 is 21.6 Å². The molecule has 0 amide bonds. The molecule has 0 radical (unpaired) electrons. The maximum atomic E-state index is 4.72. The normalized spacial score (nSPS) is 10.1. The van der Waals surface area contributed by atoms with Gasteiger partial charge in [-0.25, -0.2) is 0 Å². The largest absolute Gasteiger partial charge is 0.378 e. The van der Waals surface area contributed by atoms with Crippen LogP contribution in [-0.4, -0.2) is 10.1 Å². The lowest BCUT2D eigenvalue weighted by Crippen LogP contribution is -2.00. The third-order valence-electron chi connectivity index (χ3n) is 1.72. The number of halogens is 1. The van der Waals surface area contributed by atoms with Gasteiger partial charge < -0.3 is 9.84 Å². The Hall–Kier alpha value is -1.36. The van der Waals surface area contributed by atoms with Crippen LogP contribution in [0.2, 0.25) is 0 Å². The van der Waals surface area contributed by atoms with Crippen LogP contribution in [0.25, 0.3) is 0 Å². The molecule has 5 heteroatoms. The number of rotatable bonds is 3. The molecule has 2 aromatic heterocycles. The lowest BCUT2D eigenvalue weighted by atomic mass is 10.3. The summed E-state index contributed by atoms with van der Waals surface area (Å²) in [4.78, 5) is 3.97. The van der Waals surface area contributed by atoms with Gasteiger partial charge in [-0.05, 0) is 22.0 Å². The van der Waals surface area contributed by atoms with Gasteiger partial charge in [0.1, 0.15) is 12.0 Å². The van der Waals surface area contributed by atoms with Crippen LogP contribution in [0.1, 0.15) is 5.69 Å². The fourth-order valence-corrected chi connectivity index (χ4v) is 1.42. The number of nitrogens with zero attached hydrogens (tertiary/aromatic N) is 2. The van der Waals surface area contributed by atoms with Crippen LogP contribution in [0, 0.1) is 0 Å². The molecule has 4 nitrogen and oxygen atoms in total. The predicted octanol–water partition coefficient (Wildman–Crippen LogP) is 2.44. The summed E-state index contributed by atoms with van der Waals surface area (Å²) in [7, 11) is 0. The number of anilines is 1. The van der Waals surface area contributed by atoms with E-state index in [2.05, 4.69) is 31.4 Å². The maximum Gasteiger partial charge on any atom is 0.124 e. The van der Waals surface area contributed by atoms with E-state index in [9.17, 15) is 0 Å². The molecule has 0 spiro atoms. The lowest BCUT2D eigenvalue weighted by Gasteiger charge is -2.04. The Kier molecular flexibility index (Phi) is 2.78. The SMILES string of the molecule is Brc1cnccc1NCc1ccon1. The molecule has 0 unspecified atom stereocenters. The molecule has 0 aromatic carbocycles. The van der Waals surface area contributed by atoms with E-state index in [0.717, 1.165) is 15.9 Å². The molecular weight excluding hydrogens is 246 g/mol. The van der Waals surface area contributed by atoms with Gasteiger partial charge >= 0.3 is 0 Å². The minimum atomic E-state index is 0.638. The molecule has 2 rings (SSSR count). The second kappa shape index (κ2) is 4.23. The Labute approximate surface area is 89.5 Å². The third-order valence-corrected chi connectivity index (χ3v) is 2.36. The van der Waals surface area contributed by atoms with E-state index in [4.69, 9.17) is 4.52 Å². The number of nitrogens with one attached hydrogen (secondary N) is 1. The number of aromatic nitrogens is 2. The first-order valence-corrected chi connectivity index (χ1v) is 4.88. The maximum absolute atomic E-state index is 4.72. The quantitative estimate of drug-likeness (QED) is 0.913. The van der Waals surface area contributed by atoms with E-state index in [1.54, 1.807) is 18.7 Å². The summed E-state index contributed by atoms with van der Waals surface area (Å²) in [5, 5.41) is 7.00. The van der Waals surface area contributed by atoms with Gasteiger partial charge in [0.15, 0.2) is 0 Å². The van der Waals surface area contributed by atoms with Crippen molar-refractivity contribution in [3.05, 3.63) is 41.0 Å². The fourth-order valence-electron chi connectivity index (χ4n) is 1.03. The van der Waals surface area contributed by atoms with Gasteiger partial charge in [0.05, 0.1) is 16.7 Å². The first kappa shape index (κ1) is 9.21. The number of pyridine rings is 1. The predicted molar refractivity (Wildman–Crippen MR) is 55.8 cm³/mol. The van der Waals surface area contributed by atoms with Gasteiger partial charge in [0, 0.05) is 18.5 Å². The molecule has 0 aliphatic heterocycles. The van der Waals surface area contributed by atoms with Crippen molar-refractivity contribution in [1.82, 2.24) is 10.1 Å². The van der Waals surface area contributed by atoms with Crippen LogP contribution >= 0.6 is 15.9 Å². The molecule has 0 fully saturated rings. The highest BCUT2D eigenvalue weighted by molar-refractivity contribution is 9.10. The summed E-state index contributed by atoms with van der Waals surface area (Å²) >= 11 is 3.39. The van der Waals surface area contributed by atoms with Crippen molar-refractivity contribution in [2.45, 2.75) is 6.54 Å². The summed E-state index contributed by atoms with van der Waals surface area (Å²) in [6, 6.07) is 3.71. The standard InChI is InChI=1S/C9H8BrN3O/c10-8-6-11-3-1-9(8)12-5-7-2-4-14-13-7/h1-4,6H,5H2,(H,11,12). The van der Waals surface area contributed by atoms with E-state index in [-0.39, 0.29) is 0 Å². The highest BCUT2D eigenvalue weighted by Crippen LogP contribution is 2.20. The van der Waals surface area contributed by atoms with Gasteiger partial charge in [-0.1, -0.05) is 5.16 Å². The van der Waals surface area contributed by atoms with Crippen LogP contribution < -0.4 is 5.32 Å². The first-order valence-electron chi connectivity index (χ1n) is 4.09.